The highest BCUT2D eigenvalue weighted by Crippen LogP contribution is 2.31. The van der Waals surface area contributed by atoms with Crippen LogP contribution in [0.2, 0.25) is 0 Å². The number of benzene rings is 1. The molecule has 0 bridgehead atoms. The van der Waals surface area contributed by atoms with Crippen molar-refractivity contribution in [2.75, 3.05) is 0 Å². The van der Waals surface area contributed by atoms with Crippen LogP contribution in [0.1, 0.15) is 27.7 Å². The maximum atomic E-state index is 9.75. The van der Waals surface area contributed by atoms with Crippen LogP contribution < -0.4 is 0 Å². The summed E-state index contributed by atoms with van der Waals surface area (Å²) in [7, 11) is 1.86. The van der Waals surface area contributed by atoms with Crippen LogP contribution >= 0.6 is 0 Å². The first kappa shape index (κ1) is 16.7. The highest BCUT2D eigenvalue weighted by Gasteiger charge is 2.09. The van der Waals surface area contributed by atoms with E-state index in [2.05, 4.69) is 10.1 Å². The van der Waals surface area contributed by atoms with Gasteiger partial charge >= 0.3 is 0 Å². The SMILES string of the molecule is CC.CC.Cn1ncc2c(-c3cccnc3)cc(O)cc21. The first-order valence-electron chi connectivity index (χ1n) is 7.31. The van der Waals surface area contributed by atoms with Crippen LogP contribution in [0.5, 0.6) is 5.75 Å². The van der Waals surface area contributed by atoms with Crippen molar-refractivity contribution in [2.45, 2.75) is 27.7 Å². The number of hydrogen-bond donors (Lipinski definition) is 1. The number of aromatic nitrogens is 3. The molecule has 0 spiro atoms. The van der Waals surface area contributed by atoms with Gasteiger partial charge in [0.25, 0.3) is 0 Å². The van der Waals surface area contributed by atoms with Gasteiger partial charge in [0.2, 0.25) is 0 Å². The Morgan fingerprint density at radius 3 is 2.38 bits per heavy atom. The largest absolute Gasteiger partial charge is 0.508 e. The van der Waals surface area contributed by atoms with Crippen molar-refractivity contribution in [1.82, 2.24) is 14.8 Å². The maximum absolute atomic E-state index is 9.75. The monoisotopic (exact) mass is 285 g/mol. The van der Waals surface area contributed by atoms with E-state index in [4.69, 9.17) is 0 Å². The van der Waals surface area contributed by atoms with Crippen molar-refractivity contribution >= 4 is 10.9 Å². The van der Waals surface area contributed by atoms with Crippen LogP contribution in [-0.4, -0.2) is 19.9 Å². The predicted molar refractivity (Wildman–Crippen MR) is 88.3 cm³/mol. The topological polar surface area (TPSA) is 50.9 Å². The smallest absolute Gasteiger partial charge is 0.118 e. The lowest BCUT2D eigenvalue weighted by molar-refractivity contribution is 0.476. The molecular formula is C17H23N3O. The molecule has 0 amide bonds. The summed E-state index contributed by atoms with van der Waals surface area (Å²) in [6.45, 7) is 8.00. The van der Waals surface area contributed by atoms with Crippen molar-refractivity contribution in [3.05, 3.63) is 42.9 Å². The number of nitrogens with zero attached hydrogens (tertiary/aromatic N) is 3. The Morgan fingerprint density at radius 1 is 1.05 bits per heavy atom. The lowest BCUT2D eigenvalue weighted by Crippen LogP contribution is -1.89. The molecule has 0 saturated heterocycles. The number of pyridine rings is 1. The number of phenols is 1. The Kier molecular flexibility index (Phi) is 6.40. The van der Waals surface area contributed by atoms with E-state index in [-0.39, 0.29) is 5.75 Å². The molecule has 0 atom stereocenters. The normalized spacial score (nSPS) is 9.38. The Bertz CT molecular complexity index is 675. The van der Waals surface area contributed by atoms with Gasteiger partial charge in [0.1, 0.15) is 5.75 Å². The average Bonchev–Trinajstić information content (AvgIpc) is 2.93. The zero-order valence-electron chi connectivity index (χ0n) is 13.3. The maximum Gasteiger partial charge on any atom is 0.118 e. The van der Waals surface area contributed by atoms with Gasteiger partial charge in [-0.3, -0.25) is 9.67 Å². The highest BCUT2D eigenvalue weighted by atomic mass is 16.3. The molecule has 1 N–H and O–H groups in total. The summed E-state index contributed by atoms with van der Waals surface area (Å²) >= 11 is 0. The molecule has 0 aliphatic rings. The van der Waals surface area contributed by atoms with Gasteiger partial charge in [0.15, 0.2) is 0 Å². The molecule has 4 nitrogen and oxygen atoms in total. The van der Waals surface area contributed by atoms with Gasteiger partial charge in [0, 0.05) is 36.5 Å². The van der Waals surface area contributed by atoms with Gasteiger partial charge in [-0.1, -0.05) is 33.8 Å². The molecule has 0 saturated carbocycles. The van der Waals surface area contributed by atoms with E-state index < -0.39 is 0 Å². The summed E-state index contributed by atoms with van der Waals surface area (Å²) in [5, 5.41) is 15.0. The third-order valence-electron chi connectivity index (χ3n) is 2.82. The van der Waals surface area contributed by atoms with E-state index in [1.54, 1.807) is 35.4 Å². The molecule has 0 fully saturated rings. The van der Waals surface area contributed by atoms with Crippen molar-refractivity contribution in [3.63, 3.8) is 0 Å². The van der Waals surface area contributed by atoms with Crippen LogP contribution in [0.4, 0.5) is 0 Å². The van der Waals surface area contributed by atoms with Gasteiger partial charge < -0.3 is 5.11 Å². The van der Waals surface area contributed by atoms with Gasteiger partial charge in [-0.15, -0.1) is 0 Å². The summed E-state index contributed by atoms with van der Waals surface area (Å²) in [6, 6.07) is 7.29. The van der Waals surface area contributed by atoms with Gasteiger partial charge in [-0.05, 0) is 17.7 Å². The lowest BCUT2D eigenvalue weighted by atomic mass is 10.0. The molecule has 3 rings (SSSR count). The van der Waals surface area contributed by atoms with Crippen molar-refractivity contribution in [2.24, 2.45) is 7.05 Å². The number of aryl methyl sites for hydroxylation is 1. The standard InChI is InChI=1S/C13H11N3O.2C2H6/c1-16-13-6-10(17)5-11(12(13)8-15-16)9-3-2-4-14-7-9;2*1-2/h2-8,17H,1H3;2*1-2H3. The molecule has 4 heteroatoms. The molecule has 0 radical (unpaired) electrons. The quantitative estimate of drug-likeness (QED) is 0.721. The van der Waals surface area contributed by atoms with Crippen LogP contribution in [0.3, 0.4) is 0 Å². The molecule has 21 heavy (non-hydrogen) atoms. The number of phenolic OH excluding ortho intramolecular Hbond substituents is 1. The Hall–Kier alpha value is -2.36. The minimum absolute atomic E-state index is 0.236. The minimum Gasteiger partial charge on any atom is -0.508 e. The van der Waals surface area contributed by atoms with E-state index in [0.717, 1.165) is 22.0 Å². The summed E-state index contributed by atoms with van der Waals surface area (Å²) in [6.07, 6.45) is 5.31. The summed E-state index contributed by atoms with van der Waals surface area (Å²) in [5.41, 5.74) is 2.83. The number of aromatic hydroxyl groups is 1. The number of hydrogen-bond acceptors (Lipinski definition) is 3. The molecule has 0 aliphatic heterocycles. The van der Waals surface area contributed by atoms with Gasteiger partial charge in [-0.2, -0.15) is 5.10 Å². The number of rotatable bonds is 1. The first-order valence-corrected chi connectivity index (χ1v) is 7.31. The van der Waals surface area contributed by atoms with E-state index in [1.165, 1.54) is 0 Å². The fraction of sp³-hybridized carbons (Fsp3) is 0.294. The summed E-state index contributed by atoms with van der Waals surface area (Å²) < 4.78 is 1.74. The zero-order chi connectivity index (χ0) is 15.8. The van der Waals surface area contributed by atoms with Crippen molar-refractivity contribution in [3.8, 4) is 16.9 Å². The van der Waals surface area contributed by atoms with E-state index in [9.17, 15) is 5.11 Å². The molecule has 0 unspecified atom stereocenters. The molecule has 2 heterocycles. The van der Waals surface area contributed by atoms with Gasteiger partial charge in [0.05, 0.1) is 11.7 Å². The molecule has 2 aromatic heterocycles. The van der Waals surface area contributed by atoms with Crippen LogP contribution in [0.25, 0.3) is 22.0 Å². The lowest BCUT2D eigenvalue weighted by Gasteiger charge is -2.04. The first-order chi connectivity index (χ1) is 10.3. The molecule has 3 aromatic rings. The van der Waals surface area contributed by atoms with Crippen LogP contribution in [-0.2, 0) is 7.05 Å². The van der Waals surface area contributed by atoms with E-state index in [0.29, 0.717) is 0 Å². The van der Waals surface area contributed by atoms with Crippen LogP contribution in [0.15, 0.2) is 42.9 Å². The second-order valence-corrected chi connectivity index (χ2v) is 3.94. The second kappa shape index (κ2) is 8.04. The Labute approximate surface area is 126 Å². The summed E-state index contributed by atoms with van der Waals surface area (Å²) in [5.74, 6) is 0.236. The predicted octanol–water partition coefficient (Wildman–Crippen LogP) is 4.39. The molecule has 112 valence electrons. The fourth-order valence-electron chi connectivity index (χ4n) is 1.99. The third kappa shape index (κ3) is 3.60. The summed E-state index contributed by atoms with van der Waals surface area (Å²) in [4.78, 5) is 4.10. The minimum atomic E-state index is 0.236. The fourth-order valence-corrected chi connectivity index (χ4v) is 1.99. The Balaban J connectivity index is 0.000000510. The van der Waals surface area contributed by atoms with Crippen molar-refractivity contribution in [1.29, 1.82) is 0 Å². The molecular weight excluding hydrogens is 262 g/mol. The third-order valence-corrected chi connectivity index (χ3v) is 2.82. The molecule has 1 aromatic carbocycles. The van der Waals surface area contributed by atoms with E-state index in [1.807, 2.05) is 46.9 Å². The van der Waals surface area contributed by atoms with Gasteiger partial charge in [-0.25, -0.2) is 0 Å². The second-order valence-electron chi connectivity index (χ2n) is 3.94. The van der Waals surface area contributed by atoms with E-state index >= 15 is 0 Å². The molecule has 0 aliphatic carbocycles. The number of fused-ring (bicyclic) bond motifs is 1. The van der Waals surface area contributed by atoms with Crippen molar-refractivity contribution < 1.29 is 5.11 Å². The highest BCUT2D eigenvalue weighted by molar-refractivity contribution is 5.95. The average molecular weight is 285 g/mol. The Morgan fingerprint density at radius 2 is 1.76 bits per heavy atom. The van der Waals surface area contributed by atoms with Crippen LogP contribution in [0, 0.1) is 0 Å². The zero-order valence-corrected chi connectivity index (χ0v) is 13.3.